The van der Waals surface area contributed by atoms with Gasteiger partial charge in [-0.2, -0.15) is 0 Å². The summed E-state index contributed by atoms with van der Waals surface area (Å²) in [6.07, 6.45) is 1.54. The molecule has 0 aromatic heterocycles. The predicted octanol–water partition coefficient (Wildman–Crippen LogP) is 3.32. The van der Waals surface area contributed by atoms with Gasteiger partial charge in [-0.15, -0.1) is 24.8 Å². The Morgan fingerprint density at radius 1 is 1.00 bits per heavy atom. The third kappa shape index (κ3) is 4.76. The lowest BCUT2D eigenvalue weighted by molar-refractivity contribution is 0.0191. The van der Waals surface area contributed by atoms with Gasteiger partial charge in [-0.25, -0.2) is 13.2 Å². The first kappa shape index (κ1) is 21.5. The fraction of sp³-hybridized carbons (Fsp3) is 0.625. The molecule has 3 nitrogen and oxygen atoms in total. The molecule has 2 fully saturated rings. The molecule has 0 radical (unpaired) electrons. The molecule has 1 atom stereocenters. The normalized spacial score (nSPS) is 20.8. The number of nitrogens with zero attached hydrogens (tertiary/aromatic N) is 1. The van der Waals surface area contributed by atoms with Crippen molar-refractivity contribution in [1.29, 1.82) is 0 Å². The highest BCUT2D eigenvalue weighted by Gasteiger charge is 2.35. The van der Waals surface area contributed by atoms with Crippen LogP contribution < -0.4 is 5.32 Å². The van der Waals surface area contributed by atoms with E-state index in [0.29, 0.717) is 13.2 Å². The van der Waals surface area contributed by atoms with Crippen LogP contribution in [-0.4, -0.2) is 44.3 Å². The summed E-state index contributed by atoms with van der Waals surface area (Å²) in [5.74, 6) is -2.31. The first-order valence-electron chi connectivity index (χ1n) is 7.84. The molecule has 1 N–H and O–H groups in total. The van der Waals surface area contributed by atoms with Crippen molar-refractivity contribution in [2.24, 2.45) is 5.92 Å². The standard InChI is InChI=1S/C16H21F3N2O.2ClH/c17-12-9-13(18)15(14(19)10-12)16(11-1-7-22-8-2-11)21-5-3-20-4-6-21;;/h9-11,16,20H,1-8H2;2*1H/t16-;;/m1../s1. The lowest BCUT2D eigenvalue weighted by Crippen LogP contribution is -2.48. The Balaban J connectivity index is 0.00000144. The van der Waals surface area contributed by atoms with Crippen LogP contribution in [0.5, 0.6) is 0 Å². The highest BCUT2D eigenvalue weighted by atomic mass is 35.5. The first-order chi connectivity index (χ1) is 10.7. The molecule has 0 aliphatic carbocycles. The van der Waals surface area contributed by atoms with Gasteiger partial charge in [0, 0.05) is 63.1 Å². The SMILES string of the molecule is Cl.Cl.Fc1cc(F)c([C@@H](C2CCOCC2)N2CCNCC2)c(F)c1. The molecule has 2 aliphatic heterocycles. The molecule has 0 bridgehead atoms. The van der Waals surface area contributed by atoms with E-state index in [1.54, 1.807) is 0 Å². The zero-order chi connectivity index (χ0) is 15.5. The first-order valence-corrected chi connectivity index (χ1v) is 7.84. The van der Waals surface area contributed by atoms with E-state index in [9.17, 15) is 13.2 Å². The molecule has 0 spiro atoms. The van der Waals surface area contributed by atoms with Crippen LogP contribution >= 0.6 is 24.8 Å². The van der Waals surface area contributed by atoms with Gasteiger partial charge in [-0.05, 0) is 18.8 Å². The number of halogens is 5. The molecule has 3 rings (SSSR count). The summed E-state index contributed by atoms with van der Waals surface area (Å²) in [7, 11) is 0. The molecule has 0 amide bonds. The van der Waals surface area contributed by atoms with Crippen LogP contribution in [0.25, 0.3) is 0 Å². The minimum atomic E-state index is -0.871. The zero-order valence-electron chi connectivity index (χ0n) is 13.3. The van der Waals surface area contributed by atoms with Gasteiger partial charge in [0.15, 0.2) is 0 Å². The van der Waals surface area contributed by atoms with E-state index in [4.69, 9.17) is 4.74 Å². The molecule has 2 saturated heterocycles. The number of piperazine rings is 1. The van der Waals surface area contributed by atoms with Gasteiger partial charge in [-0.3, -0.25) is 4.90 Å². The smallest absolute Gasteiger partial charge is 0.133 e. The van der Waals surface area contributed by atoms with Crippen LogP contribution in [0.2, 0.25) is 0 Å². The third-order valence-corrected chi connectivity index (χ3v) is 4.60. The van der Waals surface area contributed by atoms with Crippen LogP contribution in [0.15, 0.2) is 12.1 Å². The van der Waals surface area contributed by atoms with Crippen molar-refractivity contribution >= 4 is 24.8 Å². The quantitative estimate of drug-likeness (QED) is 0.862. The highest BCUT2D eigenvalue weighted by molar-refractivity contribution is 5.85. The summed E-state index contributed by atoms with van der Waals surface area (Å²) in [5, 5.41) is 3.25. The molecule has 0 saturated carbocycles. The fourth-order valence-electron chi connectivity index (χ4n) is 3.54. The summed E-state index contributed by atoms with van der Waals surface area (Å²) in [5.41, 5.74) is 0.00944. The summed E-state index contributed by atoms with van der Waals surface area (Å²) in [4.78, 5) is 2.12. The maximum atomic E-state index is 14.3. The largest absolute Gasteiger partial charge is 0.381 e. The van der Waals surface area contributed by atoms with E-state index in [1.807, 2.05) is 0 Å². The average Bonchev–Trinajstić information content (AvgIpc) is 2.52. The Morgan fingerprint density at radius 3 is 2.08 bits per heavy atom. The fourth-order valence-corrected chi connectivity index (χ4v) is 3.54. The minimum absolute atomic E-state index is 0. The van der Waals surface area contributed by atoms with Crippen molar-refractivity contribution in [3.8, 4) is 0 Å². The highest BCUT2D eigenvalue weighted by Crippen LogP contribution is 2.38. The second-order valence-corrected chi connectivity index (χ2v) is 5.96. The van der Waals surface area contributed by atoms with Crippen molar-refractivity contribution in [2.75, 3.05) is 39.4 Å². The molecular formula is C16H23Cl2F3N2O. The Morgan fingerprint density at radius 2 is 1.54 bits per heavy atom. The predicted molar refractivity (Wildman–Crippen MR) is 91.5 cm³/mol. The van der Waals surface area contributed by atoms with Crippen LogP contribution in [0.4, 0.5) is 13.2 Å². The monoisotopic (exact) mass is 386 g/mol. The topological polar surface area (TPSA) is 24.5 Å². The van der Waals surface area contributed by atoms with Gasteiger partial charge >= 0.3 is 0 Å². The lowest BCUT2D eigenvalue weighted by atomic mass is 9.85. The summed E-state index contributed by atoms with van der Waals surface area (Å²) in [6, 6.07) is 1.21. The zero-order valence-corrected chi connectivity index (χ0v) is 14.9. The van der Waals surface area contributed by atoms with E-state index < -0.39 is 17.5 Å². The summed E-state index contributed by atoms with van der Waals surface area (Å²) >= 11 is 0. The van der Waals surface area contributed by atoms with Crippen molar-refractivity contribution < 1.29 is 17.9 Å². The van der Waals surface area contributed by atoms with Crippen molar-refractivity contribution in [1.82, 2.24) is 10.2 Å². The average molecular weight is 387 g/mol. The van der Waals surface area contributed by atoms with Gasteiger partial charge in [0.25, 0.3) is 0 Å². The number of hydrogen-bond donors (Lipinski definition) is 1. The van der Waals surface area contributed by atoms with E-state index >= 15 is 0 Å². The molecular weight excluding hydrogens is 364 g/mol. The number of hydrogen-bond acceptors (Lipinski definition) is 3. The van der Waals surface area contributed by atoms with Crippen molar-refractivity contribution in [2.45, 2.75) is 18.9 Å². The van der Waals surface area contributed by atoms with Gasteiger partial charge in [0.1, 0.15) is 17.5 Å². The molecule has 2 aliphatic rings. The van der Waals surface area contributed by atoms with Gasteiger partial charge in [-0.1, -0.05) is 0 Å². The molecule has 8 heteroatoms. The van der Waals surface area contributed by atoms with E-state index in [0.717, 1.165) is 51.2 Å². The van der Waals surface area contributed by atoms with E-state index in [1.165, 1.54) is 0 Å². The van der Waals surface area contributed by atoms with Crippen LogP contribution in [0.1, 0.15) is 24.4 Å². The summed E-state index contributed by atoms with van der Waals surface area (Å²) in [6.45, 7) is 4.28. The van der Waals surface area contributed by atoms with Crippen LogP contribution in [0.3, 0.4) is 0 Å². The van der Waals surface area contributed by atoms with Crippen molar-refractivity contribution in [3.05, 3.63) is 35.1 Å². The van der Waals surface area contributed by atoms with Gasteiger partial charge in [0.05, 0.1) is 0 Å². The third-order valence-electron chi connectivity index (χ3n) is 4.60. The van der Waals surface area contributed by atoms with Crippen LogP contribution in [0, 0.1) is 23.4 Å². The molecule has 0 unspecified atom stereocenters. The Bertz CT molecular complexity index is 483. The Kier molecular flexibility index (Phi) is 8.81. The molecule has 1 aromatic carbocycles. The van der Waals surface area contributed by atoms with Gasteiger partial charge < -0.3 is 10.1 Å². The molecule has 1 aromatic rings. The van der Waals surface area contributed by atoms with E-state index in [-0.39, 0.29) is 42.3 Å². The number of benzene rings is 1. The Hall–Kier alpha value is -0.530. The maximum Gasteiger partial charge on any atom is 0.133 e. The molecule has 2 heterocycles. The molecule has 138 valence electrons. The van der Waals surface area contributed by atoms with E-state index in [2.05, 4.69) is 10.2 Å². The number of nitrogens with one attached hydrogen (secondary N) is 1. The minimum Gasteiger partial charge on any atom is -0.381 e. The van der Waals surface area contributed by atoms with Gasteiger partial charge in [0.2, 0.25) is 0 Å². The lowest BCUT2D eigenvalue weighted by Gasteiger charge is -2.41. The van der Waals surface area contributed by atoms with Crippen molar-refractivity contribution in [3.63, 3.8) is 0 Å². The second-order valence-electron chi connectivity index (χ2n) is 5.96. The Labute approximate surface area is 152 Å². The molecule has 24 heavy (non-hydrogen) atoms. The maximum absolute atomic E-state index is 14.3. The van der Waals surface area contributed by atoms with Crippen LogP contribution in [-0.2, 0) is 4.74 Å². The number of rotatable bonds is 3. The summed E-state index contributed by atoms with van der Waals surface area (Å²) < 4.78 is 47.2. The second kappa shape index (κ2) is 9.82. The number of ether oxygens (including phenoxy) is 1.